The highest BCUT2D eigenvalue weighted by Crippen LogP contribution is 2.16. The van der Waals surface area contributed by atoms with E-state index >= 15 is 0 Å². The van der Waals surface area contributed by atoms with E-state index in [0.717, 1.165) is 38.0 Å². The SMILES string of the molecule is COC(=O)C1CN(CCCCNC(=O)COCc2ccc(F)cc2)C1. The number of ether oxygens (including phenoxy) is 2. The lowest BCUT2D eigenvalue weighted by Crippen LogP contribution is -2.50. The van der Waals surface area contributed by atoms with Crippen molar-refractivity contribution in [3.8, 4) is 0 Å². The van der Waals surface area contributed by atoms with Gasteiger partial charge in [0.2, 0.25) is 5.91 Å². The number of esters is 1. The summed E-state index contributed by atoms with van der Waals surface area (Å²) in [6, 6.07) is 6.00. The minimum absolute atomic E-state index is 0.00961. The van der Waals surface area contributed by atoms with Crippen LogP contribution in [0.15, 0.2) is 24.3 Å². The first-order chi connectivity index (χ1) is 12.1. The van der Waals surface area contributed by atoms with Gasteiger partial charge in [-0.15, -0.1) is 0 Å². The predicted octanol–water partition coefficient (Wildman–Crippen LogP) is 1.34. The number of methoxy groups -OCH3 is 1. The molecule has 1 aromatic rings. The van der Waals surface area contributed by atoms with Gasteiger partial charge < -0.3 is 19.7 Å². The topological polar surface area (TPSA) is 67.9 Å². The number of nitrogens with zero attached hydrogens (tertiary/aromatic N) is 1. The molecule has 1 fully saturated rings. The monoisotopic (exact) mass is 352 g/mol. The molecular formula is C18H25FN2O4. The van der Waals surface area contributed by atoms with Gasteiger partial charge in [-0.25, -0.2) is 4.39 Å². The maximum atomic E-state index is 12.8. The molecule has 1 aromatic carbocycles. The third-order valence-corrected chi connectivity index (χ3v) is 4.13. The average Bonchev–Trinajstić information content (AvgIpc) is 2.57. The molecule has 0 atom stereocenters. The summed E-state index contributed by atoms with van der Waals surface area (Å²) in [5, 5.41) is 2.81. The molecular weight excluding hydrogens is 327 g/mol. The van der Waals surface area contributed by atoms with Crippen molar-refractivity contribution in [3.05, 3.63) is 35.6 Å². The molecule has 0 aliphatic carbocycles. The molecule has 0 saturated carbocycles. The van der Waals surface area contributed by atoms with Gasteiger partial charge in [0, 0.05) is 19.6 Å². The number of unbranched alkanes of at least 4 members (excludes halogenated alkanes) is 1. The van der Waals surface area contributed by atoms with Gasteiger partial charge in [-0.2, -0.15) is 0 Å². The molecule has 0 spiro atoms. The maximum Gasteiger partial charge on any atom is 0.311 e. The van der Waals surface area contributed by atoms with Crippen LogP contribution < -0.4 is 5.32 Å². The summed E-state index contributed by atoms with van der Waals surface area (Å²) in [7, 11) is 1.41. The second-order valence-corrected chi connectivity index (χ2v) is 6.16. The lowest BCUT2D eigenvalue weighted by Gasteiger charge is -2.37. The van der Waals surface area contributed by atoms with Crippen molar-refractivity contribution < 1.29 is 23.5 Å². The Balaban J connectivity index is 1.44. The van der Waals surface area contributed by atoms with E-state index in [-0.39, 0.29) is 36.8 Å². The van der Waals surface area contributed by atoms with Gasteiger partial charge in [0.1, 0.15) is 12.4 Å². The Morgan fingerprint density at radius 2 is 1.96 bits per heavy atom. The van der Waals surface area contributed by atoms with Gasteiger partial charge in [0.15, 0.2) is 0 Å². The molecule has 2 rings (SSSR count). The molecule has 1 heterocycles. The van der Waals surface area contributed by atoms with Crippen LogP contribution >= 0.6 is 0 Å². The molecule has 1 saturated heterocycles. The van der Waals surface area contributed by atoms with Gasteiger partial charge >= 0.3 is 5.97 Å². The highest BCUT2D eigenvalue weighted by molar-refractivity contribution is 5.77. The molecule has 0 bridgehead atoms. The fourth-order valence-corrected chi connectivity index (χ4v) is 2.65. The Kier molecular flexibility index (Phi) is 7.81. The van der Waals surface area contributed by atoms with E-state index < -0.39 is 0 Å². The van der Waals surface area contributed by atoms with Crippen molar-refractivity contribution >= 4 is 11.9 Å². The summed E-state index contributed by atoms with van der Waals surface area (Å²) in [6.45, 7) is 3.32. The van der Waals surface area contributed by atoms with Gasteiger partial charge in [-0.05, 0) is 37.1 Å². The number of likely N-dealkylation sites (tertiary alicyclic amines) is 1. The third kappa shape index (κ3) is 6.80. The first-order valence-corrected chi connectivity index (χ1v) is 8.47. The van der Waals surface area contributed by atoms with Gasteiger partial charge in [0.25, 0.3) is 0 Å². The maximum absolute atomic E-state index is 12.8. The molecule has 0 radical (unpaired) electrons. The van der Waals surface area contributed by atoms with Crippen LogP contribution in [-0.2, 0) is 25.7 Å². The summed E-state index contributed by atoms with van der Waals surface area (Å²) >= 11 is 0. The van der Waals surface area contributed by atoms with Crippen LogP contribution in [0.5, 0.6) is 0 Å². The van der Waals surface area contributed by atoms with E-state index in [1.807, 2.05) is 0 Å². The molecule has 0 aromatic heterocycles. The molecule has 0 unspecified atom stereocenters. The Bertz CT molecular complexity index is 559. The summed E-state index contributed by atoms with van der Waals surface area (Å²) in [4.78, 5) is 25.1. The normalized spacial score (nSPS) is 14.8. The number of amides is 1. The molecule has 1 aliphatic heterocycles. The number of benzene rings is 1. The largest absolute Gasteiger partial charge is 0.469 e. The van der Waals surface area contributed by atoms with E-state index in [9.17, 15) is 14.0 Å². The van der Waals surface area contributed by atoms with Crippen molar-refractivity contribution in [1.82, 2.24) is 10.2 Å². The van der Waals surface area contributed by atoms with Crippen molar-refractivity contribution in [2.24, 2.45) is 5.92 Å². The molecule has 7 heteroatoms. The molecule has 1 aliphatic rings. The van der Waals surface area contributed by atoms with Crippen molar-refractivity contribution in [1.29, 1.82) is 0 Å². The van der Waals surface area contributed by atoms with E-state index in [1.54, 1.807) is 12.1 Å². The fourth-order valence-electron chi connectivity index (χ4n) is 2.65. The van der Waals surface area contributed by atoms with Crippen LogP contribution in [-0.4, -0.2) is 56.7 Å². The zero-order valence-corrected chi connectivity index (χ0v) is 14.5. The number of hydrogen-bond acceptors (Lipinski definition) is 5. The standard InChI is InChI=1S/C18H25FN2O4/c1-24-18(23)15-10-21(11-15)9-3-2-8-20-17(22)13-25-12-14-4-6-16(19)7-5-14/h4-7,15H,2-3,8-13H2,1H3,(H,20,22). The molecule has 138 valence electrons. The summed E-state index contributed by atoms with van der Waals surface area (Å²) in [5.41, 5.74) is 0.828. The number of carbonyl (C=O) groups excluding carboxylic acids is 2. The second kappa shape index (κ2) is 10.1. The Morgan fingerprint density at radius 3 is 2.64 bits per heavy atom. The highest BCUT2D eigenvalue weighted by atomic mass is 19.1. The summed E-state index contributed by atoms with van der Waals surface area (Å²) in [6.07, 6.45) is 1.84. The van der Waals surface area contributed by atoms with Gasteiger partial charge in [-0.1, -0.05) is 12.1 Å². The van der Waals surface area contributed by atoms with Crippen LogP contribution in [0.4, 0.5) is 4.39 Å². The summed E-state index contributed by atoms with van der Waals surface area (Å²) < 4.78 is 22.8. The molecule has 1 N–H and O–H groups in total. The minimum Gasteiger partial charge on any atom is -0.469 e. The quantitative estimate of drug-likeness (QED) is 0.508. The smallest absolute Gasteiger partial charge is 0.311 e. The van der Waals surface area contributed by atoms with E-state index in [1.165, 1.54) is 19.2 Å². The summed E-state index contributed by atoms with van der Waals surface area (Å²) in [5.74, 6) is -0.565. The molecule has 1 amide bonds. The number of hydrogen-bond donors (Lipinski definition) is 1. The first-order valence-electron chi connectivity index (χ1n) is 8.47. The number of nitrogens with one attached hydrogen (secondary N) is 1. The van der Waals surface area contributed by atoms with Crippen LogP contribution in [0, 0.1) is 11.7 Å². The zero-order chi connectivity index (χ0) is 18.1. The average molecular weight is 352 g/mol. The first kappa shape index (κ1) is 19.3. The Hall–Kier alpha value is -1.99. The van der Waals surface area contributed by atoms with Crippen LogP contribution in [0.1, 0.15) is 18.4 Å². The third-order valence-electron chi connectivity index (χ3n) is 4.13. The van der Waals surface area contributed by atoms with Crippen molar-refractivity contribution in [2.45, 2.75) is 19.4 Å². The minimum atomic E-state index is -0.291. The number of halogens is 1. The molecule has 6 nitrogen and oxygen atoms in total. The lowest BCUT2D eigenvalue weighted by atomic mass is 10.0. The zero-order valence-electron chi connectivity index (χ0n) is 14.5. The van der Waals surface area contributed by atoms with E-state index in [4.69, 9.17) is 9.47 Å². The second-order valence-electron chi connectivity index (χ2n) is 6.16. The van der Waals surface area contributed by atoms with Crippen LogP contribution in [0.2, 0.25) is 0 Å². The van der Waals surface area contributed by atoms with E-state index in [2.05, 4.69) is 10.2 Å². The highest BCUT2D eigenvalue weighted by Gasteiger charge is 2.32. The molecule has 25 heavy (non-hydrogen) atoms. The number of carbonyl (C=O) groups is 2. The van der Waals surface area contributed by atoms with Crippen LogP contribution in [0.3, 0.4) is 0 Å². The lowest BCUT2D eigenvalue weighted by molar-refractivity contribution is -0.151. The van der Waals surface area contributed by atoms with Gasteiger partial charge in [0.05, 0.1) is 19.6 Å². The fraction of sp³-hybridized carbons (Fsp3) is 0.556. The number of rotatable bonds is 10. The van der Waals surface area contributed by atoms with Crippen molar-refractivity contribution in [2.75, 3.05) is 39.9 Å². The van der Waals surface area contributed by atoms with E-state index in [0.29, 0.717) is 6.54 Å². The Labute approximate surface area is 147 Å². The predicted molar refractivity (Wildman–Crippen MR) is 90.2 cm³/mol. The van der Waals surface area contributed by atoms with Crippen molar-refractivity contribution in [3.63, 3.8) is 0 Å². The Morgan fingerprint density at radius 1 is 1.24 bits per heavy atom. The van der Waals surface area contributed by atoms with Gasteiger partial charge in [-0.3, -0.25) is 9.59 Å². The van der Waals surface area contributed by atoms with Crippen LogP contribution in [0.25, 0.3) is 0 Å².